The summed E-state index contributed by atoms with van der Waals surface area (Å²) in [5.41, 5.74) is -1.36. The Morgan fingerprint density at radius 1 is 0.806 bits per heavy atom. The van der Waals surface area contributed by atoms with E-state index >= 15 is 0 Å². The summed E-state index contributed by atoms with van der Waals surface area (Å²) in [6.07, 6.45) is 3.67. The smallest absolute Gasteiger partial charge is 0.411 e. The second-order valence-electron chi connectivity index (χ2n) is 13.0. The Kier molecular flexibility index (Phi) is 5.59. The van der Waals surface area contributed by atoms with E-state index in [4.69, 9.17) is 14.0 Å². The standard InChI is InChI=1S/C25H33F3O7S/c26-25(27,28)19(36(31,32)33)12-34-21(29)24-9-16-4-17(10-24)20(18(5-16)11-24)35-22(30)23-6-13-1-14(7-23)3-15(2-13)8-23/h13-20H,1-12H2,(H,31,32,33). The molecule has 202 valence electrons. The normalized spacial score (nSPS) is 45.5. The van der Waals surface area contributed by atoms with Gasteiger partial charge in [-0.05, 0) is 106 Å². The van der Waals surface area contributed by atoms with Gasteiger partial charge in [-0.3, -0.25) is 14.1 Å². The highest BCUT2D eigenvalue weighted by molar-refractivity contribution is 7.86. The van der Waals surface area contributed by atoms with Gasteiger partial charge in [-0.15, -0.1) is 0 Å². The molecule has 0 amide bonds. The lowest BCUT2D eigenvalue weighted by Crippen LogP contribution is -2.59. The van der Waals surface area contributed by atoms with Crippen molar-refractivity contribution in [3.8, 4) is 0 Å². The quantitative estimate of drug-likeness (QED) is 0.400. The van der Waals surface area contributed by atoms with Crippen molar-refractivity contribution in [2.45, 2.75) is 88.2 Å². The topological polar surface area (TPSA) is 107 Å². The molecule has 8 rings (SSSR count). The third-order valence-electron chi connectivity index (χ3n) is 10.4. The molecule has 0 heterocycles. The van der Waals surface area contributed by atoms with E-state index in [1.807, 2.05) is 0 Å². The number of carbonyl (C=O) groups excluding carboxylic acids is 2. The second-order valence-corrected chi connectivity index (χ2v) is 14.6. The Bertz CT molecular complexity index is 1000. The van der Waals surface area contributed by atoms with Crippen molar-refractivity contribution in [3.63, 3.8) is 0 Å². The molecule has 0 saturated heterocycles. The lowest BCUT2D eigenvalue weighted by molar-refractivity contribution is -0.209. The van der Waals surface area contributed by atoms with Gasteiger partial charge in [-0.2, -0.15) is 21.6 Å². The van der Waals surface area contributed by atoms with Gasteiger partial charge in [0, 0.05) is 0 Å². The lowest BCUT2D eigenvalue weighted by Gasteiger charge is -2.59. The summed E-state index contributed by atoms with van der Waals surface area (Å²) < 4.78 is 81.9. The molecule has 0 spiro atoms. The first-order valence-electron chi connectivity index (χ1n) is 13.2. The molecule has 8 saturated carbocycles. The Morgan fingerprint density at radius 2 is 1.25 bits per heavy atom. The molecular weight excluding hydrogens is 501 g/mol. The van der Waals surface area contributed by atoms with Crippen LogP contribution in [0.1, 0.15) is 70.6 Å². The Morgan fingerprint density at radius 3 is 1.69 bits per heavy atom. The fourth-order valence-corrected chi connectivity index (χ4v) is 10.3. The molecule has 11 heteroatoms. The van der Waals surface area contributed by atoms with E-state index in [0.29, 0.717) is 37.0 Å². The first-order valence-corrected chi connectivity index (χ1v) is 14.7. The average molecular weight is 535 g/mol. The number of ether oxygens (including phenoxy) is 2. The van der Waals surface area contributed by atoms with Crippen molar-refractivity contribution in [1.29, 1.82) is 0 Å². The van der Waals surface area contributed by atoms with Crippen LogP contribution in [0.25, 0.3) is 0 Å². The zero-order valence-electron chi connectivity index (χ0n) is 20.0. The molecule has 0 aromatic heterocycles. The van der Waals surface area contributed by atoms with Crippen molar-refractivity contribution in [3.05, 3.63) is 0 Å². The van der Waals surface area contributed by atoms with E-state index in [-0.39, 0.29) is 35.2 Å². The van der Waals surface area contributed by atoms with Crippen LogP contribution in [0.5, 0.6) is 0 Å². The third-order valence-corrected chi connectivity index (χ3v) is 11.5. The Balaban J connectivity index is 1.14. The van der Waals surface area contributed by atoms with Gasteiger partial charge in [0.2, 0.25) is 5.25 Å². The molecule has 0 aromatic rings. The number of hydrogen-bond acceptors (Lipinski definition) is 6. The number of carbonyl (C=O) groups is 2. The van der Waals surface area contributed by atoms with Gasteiger partial charge < -0.3 is 9.47 Å². The number of hydrogen-bond donors (Lipinski definition) is 1. The molecule has 0 aliphatic heterocycles. The molecule has 8 aliphatic carbocycles. The van der Waals surface area contributed by atoms with Crippen molar-refractivity contribution in [2.24, 2.45) is 46.3 Å². The van der Waals surface area contributed by atoms with Gasteiger partial charge in [-0.1, -0.05) is 0 Å². The molecule has 8 aliphatic rings. The van der Waals surface area contributed by atoms with E-state index in [2.05, 4.69) is 0 Å². The lowest BCUT2D eigenvalue weighted by atomic mass is 9.48. The third kappa shape index (κ3) is 4.07. The summed E-state index contributed by atoms with van der Waals surface area (Å²) in [4.78, 5) is 26.6. The largest absolute Gasteiger partial charge is 0.463 e. The number of rotatable bonds is 6. The Labute approximate surface area is 208 Å². The minimum atomic E-state index is -5.48. The summed E-state index contributed by atoms with van der Waals surface area (Å²) >= 11 is 0. The van der Waals surface area contributed by atoms with Crippen LogP contribution in [-0.4, -0.2) is 49.0 Å². The highest BCUT2D eigenvalue weighted by Crippen LogP contribution is 2.63. The van der Waals surface area contributed by atoms with Crippen molar-refractivity contribution < 1.29 is 45.2 Å². The molecule has 7 nitrogen and oxygen atoms in total. The summed E-state index contributed by atoms with van der Waals surface area (Å²) in [6.45, 7) is -1.46. The van der Waals surface area contributed by atoms with Crippen LogP contribution >= 0.6 is 0 Å². The summed E-state index contributed by atoms with van der Waals surface area (Å²) in [5.74, 6) is 1.01. The number of alkyl halides is 3. The maximum Gasteiger partial charge on any atom is 0.411 e. The van der Waals surface area contributed by atoms with Crippen LogP contribution in [-0.2, 0) is 29.2 Å². The van der Waals surface area contributed by atoms with E-state index < -0.39 is 39.5 Å². The molecule has 36 heavy (non-hydrogen) atoms. The van der Waals surface area contributed by atoms with Gasteiger partial charge in [0.05, 0.1) is 10.8 Å². The SMILES string of the molecule is O=C(OCC(C(F)(F)F)S(=O)(=O)O)C12CC3CC(C1)C(OC(=O)C14CC5CC(CC(C5)C1)C4)C(C3)C2. The summed E-state index contributed by atoms with van der Waals surface area (Å²) in [5, 5.41) is -3.17. The predicted molar refractivity (Wildman–Crippen MR) is 119 cm³/mol. The molecule has 8 bridgehead atoms. The summed E-state index contributed by atoms with van der Waals surface area (Å²) in [6, 6.07) is 0. The van der Waals surface area contributed by atoms with Crippen LogP contribution in [0.4, 0.5) is 13.2 Å². The van der Waals surface area contributed by atoms with Crippen LogP contribution in [0.2, 0.25) is 0 Å². The predicted octanol–water partition coefficient (Wildman–Crippen LogP) is 4.30. The molecule has 3 unspecified atom stereocenters. The van der Waals surface area contributed by atoms with Crippen molar-refractivity contribution in [2.75, 3.05) is 6.61 Å². The zero-order chi connectivity index (χ0) is 25.7. The maximum absolute atomic E-state index is 13.6. The molecule has 0 radical (unpaired) electrons. The molecule has 1 N–H and O–H groups in total. The molecule has 3 atom stereocenters. The fraction of sp³-hybridized carbons (Fsp3) is 0.920. The second kappa shape index (κ2) is 8.07. The first-order chi connectivity index (χ1) is 16.8. The Hall–Kier alpha value is -1.36. The average Bonchev–Trinajstić information content (AvgIpc) is 2.72. The number of halogens is 3. The van der Waals surface area contributed by atoms with E-state index in [9.17, 15) is 31.2 Å². The summed E-state index contributed by atoms with van der Waals surface area (Å²) in [7, 11) is -5.48. The molecular formula is C25H33F3O7S. The maximum atomic E-state index is 13.6. The van der Waals surface area contributed by atoms with Crippen molar-refractivity contribution >= 4 is 22.1 Å². The van der Waals surface area contributed by atoms with Gasteiger partial charge >= 0.3 is 18.1 Å². The molecule has 0 aromatic carbocycles. The van der Waals surface area contributed by atoms with Crippen LogP contribution in [0.15, 0.2) is 0 Å². The van der Waals surface area contributed by atoms with Gasteiger partial charge in [-0.25, -0.2) is 0 Å². The molecule has 8 fully saturated rings. The van der Waals surface area contributed by atoms with Crippen LogP contribution in [0.3, 0.4) is 0 Å². The fourth-order valence-electron chi connectivity index (χ4n) is 9.68. The highest BCUT2D eigenvalue weighted by atomic mass is 32.2. The highest BCUT2D eigenvalue weighted by Gasteiger charge is 2.62. The van der Waals surface area contributed by atoms with E-state index in [1.54, 1.807) is 0 Å². The van der Waals surface area contributed by atoms with Gasteiger partial charge in [0.1, 0.15) is 12.7 Å². The van der Waals surface area contributed by atoms with Crippen LogP contribution in [0, 0.1) is 46.3 Å². The minimum absolute atomic E-state index is 0.0540. The van der Waals surface area contributed by atoms with Crippen LogP contribution < -0.4 is 0 Å². The van der Waals surface area contributed by atoms with E-state index in [0.717, 1.165) is 32.1 Å². The number of esters is 2. The van der Waals surface area contributed by atoms with Crippen molar-refractivity contribution in [1.82, 2.24) is 0 Å². The zero-order valence-corrected chi connectivity index (χ0v) is 20.9. The first kappa shape index (κ1) is 24.9. The van der Waals surface area contributed by atoms with Gasteiger partial charge in [0.15, 0.2) is 0 Å². The van der Waals surface area contributed by atoms with E-state index in [1.165, 1.54) is 19.3 Å². The monoisotopic (exact) mass is 534 g/mol. The minimum Gasteiger partial charge on any atom is -0.463 e. The van der Waals surface area contributed by atoms with Gasteiger partial charge in [0.25, 0.3) is 10.1 Å².